The highest BCUT2D eigenvalue weighted by atomic mass is 35.5. The van der Waals surface area contributed by atoms with Crippen molar-refractivity contribution in [2.75, 3.05) is 5.75 Å². The molecular weight excluding hydrogens is 260 g/mol. The van der Waals surface area contributed by atoms with E-state index in [4.69, 9.17) is 16.7 Å². The molecule has 0 saturated heterocycles. The topological polar surface area (TPSA) is 46.5 Å². The van der Waals surface area contributed by atoms with Crippen LogP contribution in [0.2, 0.25) is 5.02 Å². The smallest absolute Gasteiger partial charge is 0.449 e. The van der Waals surface area contributed by atoms with Gasteiger partial charge in [-0.2, -0.15) is 0 Å². The molecule has 1 aromatic rings. The van der Waals surface area contributed by atoms with Crippen LogP contribution in [0.15, 0.2) is 17.0 Å². The first-order valence-electron chi connectivity index (χ1n) is 5.28. The molecule has 1 aliphatic heterocycles. The number of halogens is 1. The SMILES string of the molecule is CC1(C)CCSc2c1ccc(OC(=O)O)c2Cl. The maximum absolute atomic E-state index is 10.5. The minimum absolute atomic E-state index is 0.0754. The standard InChI is InChI=1S/C12H13ClO3S/c1-12(2)5-6-17-10-7(12)3-4-8(9(10)13)16-11(14)15/h3-4H,5-6H2,1-2H3,(H,14,15). The van der Waals surface area contributed by atoms with Crippen LogP contribution in [0.25, 0.3) is 0 Å². The molecule has 0 fully saturated rings. The van der Waals surface area contributed by atoms with E-state index in [2.05, 4.69) is 18.6 Å². The summed E-state index contributed by atoms with van der Waals surface area (Å²) in [5.41, 5.74) is 1.24. The van der Waals surface area contributed by atoms with E-state index >= 15 is 0 Å². The molecule has 2 rings (SSSR count). The van der Waals surface area contributed by atoms with Crippen molar-refractivity contribution in [2.24, 2.45) is 0 Å². The van der Waals surface area contributed by atoms with Gasteiger partial charge < -0.3 is 9.84 Å². The Hall–Kier alpha value is -0.870. The lowest BCUT2D eigenvalue weighted by Crippen LogP contribution is -2.23. The third kappa shape index (κ3) is 2.38. The fraction of sp³-hybridized carbons (Fsp3) is 0.417. The highest BCUT2D eigenvalue weighted by Crippen LogP contribution is 2.47. The first-order chi connectivity index (χ1) is 7.92. The second-order valence-corrected chi connectivity index (χ2v) is 6.09. The van der Waals surface area contributed by atoms with Gasteiger partial charge in [0, 0.05) is 4.90 Å². The van der Waals surface area contributed by atoms with Crippen LogP contribution in [-0.4, -0.2) is 17.0 Å². The predicted octanol–water partition coefficient (Wildman–Crippen LogP) is 4.17. The maximum Gasteiger partial charge on any atom is 0.511 e. The summed E-state index contributed by atoms with van der Waals surface area (Å²) >= 11 is 7.84. The Labute approximate surface area is 109 Å². The van der Waals surface area contributed by atoms with Crippen molar-refractivity contribution in [3.8, 4) is 5.75 Å². The second-order valence-electron chi connectivity index (χ2n) is 4.60. The van der Waals surface area contributed by atoms with Crippen molar-refractivity contribution in [1.29, 1.82) is 0 Å². The molecule has 0 unspecified atom stereocenters. The third-order valence-electron chi connectivity index (χ3n) is 2.96. The molecule has 17 heavy (non-hydrogen) atoms. The van der Waals surface area contributed by atoms with Crippen LogP contribution < -0.4 is 4.74 Å². The zero-order valence-electron chi connectivity index (χ0n) is 9.62. The molecule has 1 heterocycles. The normalized spacial score (nSPS) is 17.4. The quantitative estimate of drug-likeness (QED) is 0.616. The van der Waals surface area contributed by atoms with Gasteiger partial charge in [0.2, 0.25) is 0 Å². The average Bonchev–Trinajstić information content (AvgIpc) is 2.21. The Morgan fingerprint density at radius 1 is 1.53 bits per heavy atom. The molecule has 0 aromatic heterocycles. The highest BCUT2D eigenvalue weighted by molar-refractivity contribution is 7.99. The first kappa shape index (κ1) is 12.6. The van der Waals surface area contributed by atoms with Gasteiger partial charge in [-0.05, 0) is 29.2 Å². The number of hydrogen-bond acceptors (Lipinski definition) is 3. The van der Waals surface area contributed by atoms with Gasteiger partial charge in [-0.25, -0.2) is 4.79 Å². The summed E-state index contributed by atoms with van der Waals surface area (Å²) < 4.78 is 4.65. The number of thioether (sulfide) groups is 1. The van der Waals surface area contributed by atoms with Crippen LogP contribution in [-0.2, 0) is 5.41 Å². The second kappa shape index (κ2) is 4.42. The highest BCUT2D eigenvalue weighted by Gasteiger charge is 2.30. The van der Waals surface area contributed by atoms with E-state index in [-0.39, 0.29) is 11.2 Å². The number of carboxylic acid groups (broad SMARTS) is 1. The van der Waals surface area contributed by atoms with Gasteiger partial charge in [0.15, 0.2) is 5.75 Å². The van der Waals surface area contributed by atoms with E-state index < -0.39 is 6.16 Å². The van der Waals surface area contributed by atoms with Gasteiger partial charge in [-0.3, -0.25) is 0 Å². The molecule has 0 radical (unpaired) electrons. The molecule has 1 aromatic carbocycles. The number of benzene rings is 1. The number of hydrogen-bond donors (Lipinski definition) is 1. The summed E-state index contributed by atoms with van der Waals surface area (Å²) in [4.78, 5) is 11.5. The summed E-state index contributed by atoms with van der Waals surface area (Å²) in [5.74, 6) is 1.19. The Balaban J connectivity index is 2.49. The summed E-state index contributed by atoms with van der Waals surface area (Å²) in [6.07, 6.45) is -0.257. The zero-order valence-corrected chi connectivity index (χ0v) is 11.2. The van der Waals surface area contributed by atoms with Crippen LogP contribution in [0.4, 0.5) is 4.79 Å². The lowest BCUT2D eigenvalue weighted by Gasteiger charge is -2.32. The van der Waals surface area contributed by atoms with Gasteiger partial charge in [0.05, 0.1) is 5.02 Å². The molecule has 0 atom stereocenters. The van der Waals surface area contributed by atoms with Crippen molar-refractivity contribution in [3.05, 3.63) is 22.7 Å². The summed E-state index contributed by atoms with van der Waals surface area (Å²) in [6.45, 7) is 4.33. The van der Waals surface area contributed by atoms with Crippen LogP contribution >= 0.6 is 23.4 Å². The third-order valence-corrected chi connectivity index (χ3v) is 4.57. The van der Waals surface area contributed by atoms with Gasteiger partial charge in [-0.15, -0.1) is 11.8 Å². The Morgan fingerprint density at radius 3 is 2.88 bits per heavy atom. The molecule has 0 bridgehead atoms. The lowest BCUT2D eigenvalue weighted by atomic mass is 9.82. The Kier molecular flexibility index (Phi) is 3.27. The van der Waals surface area contributed by atoms with Gasteiger partial charge in [-0.1, -0.05) is 31.5 Å². The minimum atomic E-state index is -1.34. The number of ether oxygens (including phenoxy) is 1. The van der Waals surface area contributed by atoms with E-state index in [1.165, 1.54) is 0 Å². The van der Waals surface area contributed by atoms with E-state index in [9.17, 15) is 4.79 Å². The van der Waals surface area contributed by atoms with Crippen molar-refractivity contribution < 1.29 is 14.6 Å². The van der Waals surface area contributed by atoms with Crippen LogP contribution in [0.1, 0.15) is 25.8 Å². The van der Waals surface area contributed by atoms with Crippen molar-refractivity contribution in [1.82, 2.24) is 0 Å². The van der Waals surface area contributed by atoms with E-state index in [1.807, 2.05) is 6.07 Å². The van der Waals surface area contributed by atoms with E-state index in [0.717, 1.165) is 22.6 Å². The van der Waals surface area contributed by atoms with E-state index in [1.54, 1.807) is 17.8 Å². The zero-order chi connectivity index (χ0) is 12.6. The summed E-state index contributed by atoms with van der Waals surface area (Å²) in [5, 5.41) is 9.02. The Bertz CT molecular complexity index is 471. The number of fused-ring (bicyclic) bond motifs is 1. The first-order valence-corrected chi connectivity index (χ1v) is 6.65. The molecule has 0 spiro atoms. The summed E-state index contributed by atoms with van der Waals surface area (Å²) in [7, 11) is 0. The van der Waals surface area contributed by atoms with Crippen LogP contribution in [0, 0.1) is 0 Å². The predicted molar refractivity (Wildman–Crippen MR) is 68.5 cm³/mol. The minimum Gasteiger partial charge on any atom is -0.449 e. The molecule has 1 N–H and O–H groups in total. The molecule has 0 amide bonds. The van der Waals surface area contributed by atoms with Gasteiger partial charge in [0.25, 0.3) is 0 Å². The van der Waals surface area contributed by atoms with Crippen LogP contribution in [0.3, 0.4) is 0 Å². The Morgan fingerprint density at radius 2 is 2.24 bits per heavy atom. The fourth-order valence-corrected chi connectivity index (χ4v) is 3.84. The molecule has 5 heteroatoms. The molecule has 3 nitrogen and oxygen atoms in total. The maximum atomic E-state index is 10.5. The number of rotatable bonds is 1. The van der Waals surface area contributed by atoms with Gasteiger partial charge >= 0.3 is 6.16 Å². The summed E-state index contributed by atoms with van der Waals surface area (Å²) in [6, 6.07) is 3.54. The number of carbonyl (C=O) groups is 1. The molecule has 0 saturated carbocycles. The molecular formula is C12H13ClO3S. The monoisotopic (exact) mass is 272 g/mol. The van der Waals surface area contributed by atoms with Crippen LogP contribution in [0.5, 0.6) is 5.75 Å². The lowest BCUT2D eigenvalue weighted by molar-refractivity contribution is 0.144. The van der Waals surface area contributed by atoms with Crippen molar-refractivity contribution in [3.63, 3.8) is 0 Å². The fourth-order valence-electron chi connectivity index (χ4n) is 1.93. The molecule has 1 aliphatic rings. The van der Waals surface area contributed by atoms with Gasteiger partial charge in [0.1, 0.15) is 0 Å². The van der Waals surface area contributed by atoms with E-state index in [0.29, 0.717) is 5.02 Å². The van der Waals surface area contributed by atoms with Crippen molar-refractivity contribution >= 4 is 29.5 Å². The molecule has 0 aliphatic carbocycles. The largest absolute Gasteiger partial charge is 0.511 e. The molecule has 92 valence electrons. The van der Waals surface area contributed by atoms with Crippen molar-refractivity contribution in [2.45, 2.75) is 30.6 Å². The average molecular weight is 273 g/mol.